The van der Waals surface area contributed by atoms with E-state index in [1.165, 1.54) is 19.4 Å². The minimum absolute atomic E-state index is 0.0122. The number of halogens is 1. The number of nitro benzene ring substituents is 1. The van der Waals surface area contributed by atoms with E-state index >= 15 is 0 Å². The van der Waals surface area contributed by atoms with Crippen LogP contribution in [0.3, 0.4) is 0 Å². The Morgan fingerprint density at radius 3 is 2.85 bits per heavy atom. The van der Waals surface area contributed by atoms with E-state index in [9.17, 15) is 14.5 Å². The lowest BCUT2D eigenvalue weighted by atomic mass is 10.2. The zero-order chi connectivity index (χ0) is 14.7. The SMILES string of the molecule is CCn1cc(Nc2cc(OC)c([N+](=O)[O-])cc2F)cn1. The van der Waals surface area contributed by atoms with E-state index in [4.69, 9.17) is 4.74 Å². The van der Waals surface area contributed by atoms with Gasteiger partial charge in [-0.15, -0.1) is 0 Å². The third-order valence-corrected chi connectivity index (χ3v) is 2.70. The van der Waals surface area contributed by atoms with Gasteiger partial charge in [-0.05, 0) is 6.92 Å². The largest absolute Gasteiger partial charge is 0.490 e. The second-order valence-corrected chi connectivity index (χ2v) is 3.97. The number of hydrogen-bond acceptors (Lipinski definition) is 5. The molecule has 20 heavy (non-hydrogen) atoms. The van der Waals surface area contributed by atoms with Crippen LogP contribution < -0.4 is 10.1 Å². The second-order valence-electron chi connectivity index (χ2n) is 3.97. The number of aryl methyl sites for hydroxylation is 1. The summed E-state index contributed by atoms with van der Waals surface area (Å²) < 4.78 is 20.4. The summed E-state index contributed by atoms with van der Waals surface area (Å²) in [4.78, 5) is 10.1. The zero-order valence-corrected chi connectivity index (χ0v) is 11.0. The van der Waals surface area contributed by atoms with Crippen molar-refractivity contribution in [3.8, 4) is 5.75 Å². The van der Waals surface area contributed by atoms with Gasteiger partial charge in [0.1, 0.15) is 0 Å². The molecule has 0 aliphatic carbocycles. The van der Waals surface area contributed by atoms with Gasteiger partial charge in [-0.25, -0.2) is 4.39 Å². The number of hydrogen-bond donors (Lipinski definition) is 1. The molecule has 2 aromatic rings. The molecule has 0 aliphatic heterocycles. The molecule has 0 unspecified atom stereocenters. The molecular weight excluding hydrogens is 267 g/mol. The van der Waals surface area contributed by atoms with Crippen LogP contribution in [0.2, 0.25) is 0 Å². The third kappa shape index (κ3) is 2.68. The molecule has 1 N–H and O–H groups in total. The van der Waals surface area contributed by atoms with Crippen LogP contribution in [0.25, 0.3) is 0 Å². The molecule has 1 heterocycles. The highest BCUT2D eigenvalue weighted by Gasteiger charge is 2.19. The average Bonchev–Trinajstić information content (AvgIpc) is 2.88. The molecule has 106 valence electrons. The Bertz CT molecular complexity index is 642. The van der Waals surface area contributed by atoms with Gasteiger partial charge in [-0.3, -0.25) is 14.8 Å². The first-order valence-electron chi connectivity index (χ1n) is 5.86. The Balaban J connectivity index is 2.34. The van der Waals surface area contributed by atoms with Crippen molar-refractivity contribution < 1.29 is 14.1 Å². The van der Waals surface area contributed by atoms with Crippen LogP contribution in [0.1, 0.15) is 6.92 Å². The highest BCUT2D eigenvalue weighted by molar-refractivity contribution is 5.65. The van der Waals surface area contributed by atoms with Gasteiger partial charge >= 0.3 is 5.69 Å². The fourth-order valence-corrected chi connectivity index (χ4v) is 1.70. The summed E-state index contributed by atoms with van der Waals surface area (Å²) in [6.45, 7) is 2.61. The van der Waals surface area contributed by atoms with Gasteiger partial charge in [0.15, 0.2) is 11.6 Å². The maximum absolute atomic E-state index is 13.9. The summed E-state index contributed by atoms with van der Waals surface area (Å²) in [5.74, 6) is -0.747. The molecule has 0 fully saturated rings. The minimum atomic E-state index is -0.734. The predicted octanol–water partition coefficient (Wildman–Crippen LogP) is 2.70. The molecule has 0 bridgehead atoms. The highest BCUT2D eigenvalue weighted by atomic mass is 19.1. The second kappa shape index (κ2) is 5.55. The van der Waals surface area contributed by atoms with Crippen molar-refractivity contribution in [3.63, 3.8) is 0 Å². The summed E-state index contributed by atoms with van der Waals surface area (Å²) in [5, 5.41) is 17.6. The molecule has 1 aromatic carbocycles. The number of ether oxygens (including phenoxy) is 1. The van der Waals surface area contributed by atoms with Crippen LogP contribution >= 0.6 is 0 Å². The van der Waals surface area contributed by atoms with E-state index in [0.29, 0.717) is 12.2 Å². The van der Waals surface area contributed by atoms with Gasteiger partial charge in [0, 0.05) is 18.8 Å². The van der Waals surface area contributed by atoms with Crippen LogP contribution in [-0.4, -0.2) is 21.8 Å². The summed E-state index contributed by atoms with van der Waals surface area (Å²) >= 11 is 0. The van der Waals surface area contributed by atoms with Crippen molar-refractivity contribution in [2.45, 2.75) is 13.5 Å². The fourth-order valence-electron chi connectivity index (χ4n) is 1.70. The first kappa shape index (κ1) is 13.8. The average molecular weight is 280 g/mol. The van der Waals surface area contributed by atoms with Crippen LogP contribution in [0.5, 0.6) is 5.75 Å². The van der Waals surface area contributed by atoms with Crippen molar-refractivity contribution >= 4 is 17.1 Å². The number of rotatable bonds is 5. The quantitative estimate of drug-likeness (QED) is 0.672. The van der Waals surface area contributed by atoms with Crippen molar-refractivity contribution in [1.82, 2.24) is 9.78 Å². The lowest BCUT2D eigenvalue weighted by molar-refractivity contribution is -0.385. The maximum atomic E-state index is 13.9. The highest BCUT2D eigenvalue weighted by Crippen LogP contribution is 2.33. The maximum Gasteiger partial charge on any atom is 0.313 e. The van der Waals surface area contributed by atoms with E-state index in [-0.39, 0.29) is 11.4 Å². The standard InChI is InChI=1S/C12H13FN4O3/c1-3-16-7-8(6-14-16)15-10-5-12(20-2)11(17(18)19)4-9(10)13/h4-7,15H,3H2,1-2H3. The smallest absolute Gasteiger partial charge is 0.313 e. The van der Waals surface area contributed by atoms with Gasteiger partial charge in [-0.2, -0.15) is 5.10 Å². The molecule has 0 spiro atoms. The number of aromatic nitrogens is 2. The monoisotopic (exact) mass is 280 g/mol. The van der Waals surface area contributed by atoms with E-state index in [2.05, 4.69) is 10.4 Å². The Hall–Kier alpha value is -2.64. The molecule has 0 saturated heterocycles. The molecule has 0 saturated carbocycles. The number of methoxy groups -OCH3 is 1. The lowest BCUT2D eigenvalue weighted by Gasteiger charge is -2.08. The van der Waals surface area contributed by atoms with Crippen LogP contribution in [0.4, 0.5) is 21.5 Å². The van der Waals surface area contributed by atoms with Crippen LogP contribution in [0, 0.1) is 15.9 Å². The summed E-state index contributed by atoms with van der Waals surface area (Å²) in [6.07, 6.45) is 3.24. The Labute approximate surface area is 114 Å². The molecule has 2 rings (SSSR count). The van der Waals surface area contributed by atoms with E-state index in [0.717, 1.165) is 6.07 Å². The first-order valence-corrected chi connectivity index (χ1v) is 5.86. The molecule has 7 nitrogen and oxygen atoms in total. The molecule has 0 radical (unpaired) electrons. The van der Waals surface area contributed by atoms with Crippen molar-refractivity contribution in [2.75, 3.05) is 12.4 Å². The van der Waals surface area contributed by atoms with Crippen molar-refractivity contribution in [3.05, 3.63) is 40.5 Å². The van der Waals surface area contributed by atoms with Crippen LogP contribution in [-0.2, 0) is 6.54 Å². The normalized spacial score (nSPS) is 10.3. The van der Waals surface area contributed by atoms with Gasteiger partial charge in [0.25, 0.3) is 0 Å². The Morgan fingerprint density at radius 1 is 1.55 bits per heavy atom. The van der Waals surface area contributed by atoms with Crippen molar-refractivity contribution in [1.29, 1.82) is 0 Å². The number of anilines is 2. The lowest BCUT2D eigenvalue weighted by Crippen LogP contribution is -1.99. The summed E-state index contributed by atoms with van der Waals surface area (Å²) in [7, 11) is 1.29. The van der Waals surface area contributed by atoms with E-state index in [1.807, 2.05) is 6.92 Å². The van der Waals surface area contributed by atoms with Crippen LogP contribution in [0.15, 0.2) is 24.5 Å². The van der Waals surface area contributed by atoms with E-state index < -0.39 is 16.4 Å². The van der Waals surface area contributed by atoms with E-state index in [1.54, 1.807) is 10.9 Å². The summed E-state index contributed by atoms with van der Waals surface area (Å²) in [5.41, 5.74) is 0.254. The first-order chi connectivity index (χ1) is 9.55. The predicted molar refractivity (Wildman–Crippen MR) is 70.8 cm³/mol. The number of nitrogens with zero attached hydrogens (tertiary/aromatic N) is 3. The number of nitrogens with one attached hydrogen (secondary N) is 1. The van der Waals surface area contributed by atoms with Gasteiger partial charge in [0.05, 0.1) is 35.7 Å². The van der Waals surface area contributed by atoms with Gasteiger partial charge < -0.3 is 10.1 Å². The topological polar surface area (TPSA) is 82.2 Å². The Kier molecular flexibility index (Phi) is 3.83. The van der Waals surface area contributed by atoms with Gasteiger partial charge in [-0.1, -0.05) is 0 Å². The molecule has 0 aliphatic rings. The van der Waals surface area contributed by atoms with Crippen molar-refractivity contribution in [2.24, 2.45) is 0 Å². The molecule has 0 amide bonds. The number of nitro groups is 1. The Morgan fingerprint density at radius 2 is 2.30 bits per heavy atom. The van der Waals surface area contributed by atoms with Gasteiger partial charge in [0.2, 0.25) is 0 Å². The minimum Gasteiger partial charge on any atom is -0.490 e. The summed E-state index contributed by atoms with van der Waals surface area (Å²) in [6, 6.07) is 2.07. The molecule has 8 heteroatoms. The number of benzene rings is 1. The molecular formula is C12H13FN4O3. The zero-order valence-electron chi connectivity index (χ0n) is 11.0. The fraction of sp³-hybridized carbons (Fsp3) is 0.250. The molecule has 0 atom stereocenters. The third-order valence-electron chi connectivity index (χ3n) is 2.70. The molecule has 1 aromatic heterocycles.